The topological polar surface area (TPSA) is 65.9 Å². The van der Waals surface area contributed by atoms with Crippen molar-refractivity contribution in [1.82, 2.24) is 14.9 Å². The second kappa shape index (κ2) is 13.1. The summed E-state index contributed by atoms with van der Waals surface area (Å²) in [6.07, 6.45) is 6.31. The number of nitrogens with zero attached hydrogens (tertiary/aromatic N) is 3. The number of hydroxylamine groups is 2. The summed E-state index contributed by atoms with van der Waals surface area (Å²) < 4.78 is 6.01. The fourth-order valence-corrected chi connectivity index (χ4v) is 5.54. The molecule has 1 aliphatic heterocycles. The maximum absolute atomic E-state index is 11.0. The number of likely N-dealkylation sites (tertiary alicyclic amines) is 1. The van der Waals surface area contributed by atoms with Gasteiger partial charge in [0.2, 0.25) is 5.91 Å². The Morgan fingerprint density at radius 1 is 1.07 bits per heavy atom. The van der Waals surface area contributed by atoms with E-state index in [4.69, 9.17) is 21.3 Å². The van der Waals surface area contributed by atoms with Crippen LogP contribution in [0.4, 0.5) is 0 Å². The molecule has 0 bridgehead atoms. The minimum atomic E-state index is -0.385. The highest BCUT2D eigenvalue weighted by molar-refractivity contribution is 6.30. The first-order chi connectivity index (χ1) is 19.5. The standard InChI is InChI=1S/C33H34ClN3O3/c1-24(38)37(39)18-3-2-5-25-7-12-30(13-8-25)40-22-21-36-19-15-26(16-20-36)32-31-14-11-29(34)23-28(31)10-9-27-6-4-17-35-33(27)32/h4,6-8,11-14,17,23,39H,3,9-10,15-16,18-22H2,1H3. The van der Waals surface area contributed by atoms with Crippen LogP contribution < -0.4 is 4.74 Å². The molecule has 1 N–H and O–H groups in total. The first-order valence-electron chi connectivity index (χ1n) is 13.8. The molecule has 1 amide bonds. The molecule has 0 unspecified atom stereocenters. The van der Waals surface area contributed by atoms with Gasteiger partial charge in [0.1, 0.15) is 12.4 Å². The summed E-state index contributed by atoms with van der Waals surface area (Å²) in [5.74, 6) is 6.45. The molecule has 0 saturated carbocycles. The third-order valence-corrected chi connectivity index (χ3v) is 7.75. The van der Waals surface area contributed by atoms with Gasteiger partial charge in [-0.3, -0.25) is 19.9 Å². The van der Waals surface area contributed by atoms with Crippen LogP contribution in [0.3, 0.4) is 0 Å². The lowest BCUT2D eigenvalue weighted by Gasteiger charge is -2.30. The van der Waals surface area contributed by atoms with Gasteiger partial charge in [-0.15, -0.1) is 0 Å². The number of aryl methyl sites for hydroxylation is 2. The first-order valence-corrected chi connectivity index (χ1v) is 14.2. The van der Waals surface area contributed by atoms with E-state index in [2.05, 4.69) is 34.9 Å². The van der Waals surface area contributed by atoms with Gasteiger partial charge in [0.15, 0.2) is 0 Å². The van der Waals surface area contributed by atoms with E-state index in [0.717, 1.165) is 67.3 Å². The fourth-order valence-electron chi connectivity index (χ4n) is 5.34. The minimum Gasteiger partial charge on any atom is -0.492 e. The van der Waals surface area contributed by atoms with E-state index in [1.165, 1.54) is 34.8 Å². The van der Waals surface area contributed by atoms with Gasteiger partial charge in [-0.25, -0.2) is 5.06 Å². The molecule has 2 heterocycles. The molecule has 7 heteroatoms. The van der Waals surface area contributed by atoms with Crippen LogP contribution in [-0.4, -0.2) is 58.8 Å². The Kier molecular flexibility index (Phi) is 9.18. The Morgan fingerprint density at radius 3 is 2.62 bits per heavy atom. The summed E-state index contributed by atoms with van der Waals surface area (Å²) in [5.41, 5.74) is 8.71. The highest BCUT2D eigenvalue weighted by Crippen LogP contribution is 2.38. The Bertz CT molecular complexity index is 1450. The van der Waals surface area contributed by atoms with Crippen LogP contribution in [0.1, 0.15) is 54.1 Å². The maximum Gasteiger partial charge on any atom is 0.242 e. The zero-order chi connectivity index (χ0) is 27.9. The van der Waals surface area contributed by atoms with Crippen LogP contribution >= 0.6 is 11.6 Å². The largest absolute Gasteiger partial charge is 0.492 e. The Hall–Kier alpha value is -3.63. The number of carbonyl (C=O) groups excluding carboxylic acids is 1. The van der Waals surface area contributed by atoms with Crippen molar-refractivity contribution in [3.8, 4) is 17.6 Å². The number of piperidine rings is 1. The number of fused-ring (bicyclic) bond motifs is 2. The number of amides is 1. The van der Waals surface area contributed by atoms with E-state index >= 15 is 0 Å². The van der Waals surface area contributed by atoms with Crippen LogP contribution in [0.2, 0.25) is 5.02 Å². The van der Waals surface area contributed by atoms with Gasteiger partial charge < -0.3 is 4.74 Å². The summed E-state index contributed by atoms with van der Waals surface area (Å²) in [5, 5.41) is 10.9. The number of carbonyl (C=O) groups is 1. The normalized spacial score (nSPS) is 14.9. The minimum absolute atomic E-state index is 0.199. The molecule has 2 aliphatic rings. The van der Waals surface area contributed by atoms with Crippen molar-refractivity contribution in [2.24, 2.45) is 0 Å². The van der Waals surface area contributed by atoms with Crippen molar-refractivity contribution >= 4 is 23.1 Å². The number of aromatic nitrogens is 1. The van der Waals surface area contributed by atoms with Gasteiger partial charge in [0.05, 0.1) is 12.2 Å². The number of hydrogen-bond acceptors (Lipinski definition) is 5. The van der Waals surface area contributed by atoms with Gasteiger partial charge in [-0.05, 0) is 84.8 Å². The maximum atomic E-state index is 11.0. The SMILES string of the molecule is CC(=O)N(O)CCC#Cc1ccc(OCCN2CCC(=C3c4ccc(Cl)cc4CCc4cccnc43)CC2)cc1. The zero-order valence-electron chi connectivity index (χ0n) is 22.8. The highest BCUT2D eigenvalue weighted by atomic mass is 35.5. The van der Waals surface area contributed by atoms with Crippen molar-refractivity contribution in [2.45, 2.75) is 39.0 Å². The average Bonchev–Trinajstić information content (AvgIpc) is 3.13. The Labute approximate surface area is 241 Å². The van der Waals surface area contributed by atoms with Crippen molar-refractivity contribution in [1.29, 1.82) is 0 Å². The number of rotatable bonds is 6. The van der Waals surface area contributed by atoms with Crippen molar-refractivity contribution in [3.05, 3.63) is 99.3 Å². The van der Waals surface area contributed by atoms with Gasteiger partial charge in [-0.2, -0.15) is 0 Å². The summed E-state index contributed by atoms with van der Waals surface area (Å²) in [7, 11) is 0. The van der Waals surface area contributed by atoms with E-state index in [1.54, 1.807) is 0 Å². The van der Waals surface area contributed by atoms with Gasteiger partial charge >= 0.3 is 0 Å². The predicted octanol–water partition coefficient (Wildman–Crippen LogP) is 5.79. The van der Waals surface area contributed by atoms with Gasteiger partial charge in [0, 0.05) is 55.3 Å². The molecule has 1 aromatic heterocycles. The second-order valence-electron chi connectivity index (χ2n) is 10.2. The predicted molar refractivity (Wildman–Crippen MR) is 157 cm³/mol. The third-order valence-electron chi connectivity index (χ3n) is 7.52. The molecular formula is C33H34ClN3O3. The van der Waals surface area contributed by atoms with Crippen molar-refractivity contribution < 1.29 is 14.7 Å². The fraction of sp³-hybridized carbons (Fsp3) is 0.333. The summed E-state index contributed by atoms with van der Waals surface area (Å²) in [6, 6.07) is 18.3. The lowest BCUT2D eigenvalue weighted by Crippen LogP contribution is -2.34. The Morgan fingerprint density at radius 2 is 1.85 bits per heavy atom. The van der Waals surface area contributed by atoms with Crippen molar-refractivity contribution in [3.63, 3.8) is 0 Å². The molecule has 3 aromatic rings. The van der Waals surface area contributed by atoms with Crippen LogP contribution in [0.5, 0.6) is 5.75 Å². The molecular weight excluding hydrogens is 522 g/mol. The molecule has 1 fully saturated rings. The van der Waals surface area contributed by atoms with Gasteiger partial charge in [0.25, 0.3) is 0 Å². The lowest BCUT2D eigenvalue weighted by molar-refractivity contribution is -0.162. The number of halogens is 1. The van der Waals surface area contributed by atoms with Gasteiger partial charge in [-0.1, -0.05) is 41.1 Å². The molecule has 1 saturated heterocycles. The molecule has 2 aromatic carbocycles. The van der Waals surface area contributed by atoms with Crippen LogP contribution in [-0.2, 0) is 17.6 Å². The summed E-state index contributed by atoms with van der Waals surface area (Å²) >= 11 is 6.36. The monoisotopic (exact) mass is 555 g/mol. The number of benzene rings is 2. The molecule has 0 radical (unpaired) electrons. The smallest absolute Gasteiger partial charge is 0.242 e. The first kappa shape index (κ1) is 27.9. The molecule has 6 nitrogen and oxygen atoms in total. The number of pyridine rings is 1. The molecule has 0 atom stereocenters. The third kappa shape index (κ3) is 6.92. The van der Waals surface area contributed by atoms with E-state index in [-0.39, 0.29) is 12.5 Å². The van der Waals surface area contributed by atoms with E-state index in [0.29, 0.717) is 18.1 Å². The molecule has 1 aliphatic carbocycles. The number of hydrogen-bond donors (Lipinski definition) is 1. The van der Waals surface area contributed by atoms with E-state index < -0.39 is 0 Å². The van der Waals surface area contributed by atoms with Crippen molar-refractivity contribution in [2.75, 3.05) is 32.8 Å². The molecule has 206 valence electrons. The highest BCUT2D eigenvalue weighted by Gasteiger charge is 2.25. The summed E-state index contributed by atoms with van der Waals surface area (Å²) in [4.78, 5) is 18.3. The van der Waals surface area contributed by atoms with Crippen LogP contribution in [0.25, 0.3) is 5.57 Å². The number of ether oxygens (including phenoxy) is 1. The van der Waals surface area contributed by atoms with Crippen LogP contribution in [0.15, 0.2) is 66.4 Å². The molecule has 40 heavy (non-hydrogen) atoms. The summed E-state index contributed by atoms with van der Waals surface area (Å²) in [6.45, 7) is 5.01. The average molecular weight is 556 g/mol. The molecule has 0 spiro atoms. The van der Waals surface area contributed by atoms with E-state index in [9.17, 15) is 10.0 Å². The van der Waals surface area contributed by atoms with Crippen LogP contribution in [0, 0.1) is 11.8 Å². The van der Waals surface area contributed by atoms with E-state index in [1.807, 2.05) is 42.6 Å². The second-order valence-corrected chi connectivity index (χ2v) is 10.6. The zero-order valence-corrected chi connectivity index (χ0v) is 23.6. The Balaban J connectivity index is 1.16. The molecule has 5 rings (SSSR count). The lowest BCUT2D eigenvalue weighted by atomic mass is 9.88. The quantitative estimate of drug-likeness (QED) is 0.237.